The van der Waals surface area contributed by atoms with E-state index < -0.39 is 6.10 Å². The van der Waals surface area contributed by atoms with Gasteiger partial charge in [0, 0.05) is 38.4 Å². The Labute approximate surface area is 192 Å². The first kappa shape index (κ1) is 22.7. The largest absolute Gasteiger partial charge is 0.467 e. The lowest BCUT2D eigenvalue weighted by molar-refractivity contribution is -0.117. The van der Waals surface area contributed by atoms with Gasteiger partial charge < -0.3 is 15.2 Å². The second-order valence-electron chi connectivity index (χ2n) is 8.30. The zero-order valence-electron chi connectivity index (χ0n) is 18.6. The quantitative estimate of drug-likeness (QED) is 0.545. The topological polar surface area (TPSA) is 77.9 Å². The van der Waals surface area contributed by atoms with Crippen molar-refractivity contribution in [1.82, 2.24) is 14.8 Å². The van der Waals surface area contributed by atoms with Gasteiger partial charge in [0.25, 0.3) is 5.19 Å². The van der Waals surface area contributed by atoms with E-state index >= 15 is 0 Å². The van der Waals surface area contributed by atoms with Gasteiger partial charge >= 0.3 is 0 Å². The number of amides is 1. The normalized spacial score (nSPS) is 16.2. The molecule has 2 heterocycles. The predicted molar refractivity (Wildman–Crippen MR) is 129 cm³/mol. The van der Waals surface area contributed by atoms with Crippen LogP contribution in [0.2, 0.25) is 0 Å². The Morgan fingerprint density at radius 2 is 1.78 bits per heavy atom. The van der Waals surface area contributed by atoms with Crippen molar-refractivity contribution < 1.29 is 14.6 Å². The zero-order chi connectivity index (χ0) is 22.5. The fraction of sp³-hybridized carbons (Fsp3) is 0.417. The van der Waals surface area contributed by atoms with Crippen LogP contribution in [-0.4, -0.2) is 77.8 Å². The second kappa shape index (κ2) is 10.4. The molecule has 1 unspecified atom stereocenters. The molecule has 1 aliphatic heterocycles. The lowest BCUT2D eigenvalue weighted by atomic mass is 10.1. The molecule has 32 heavy (non-hydrogen) atoms. The minimum absolute atomic E-state index is 0.0140. The number of rotatable bonds is 8. The van der Waals surface area contributed by atoms with Gasteiger partial charge in [-0.2, -0.15) is 0 Å². The SMILES string of the molecule is Cc1cccc(C)c1NC(=O)CN1CCN(CC(O)COc2nc3ccccc3s2)CC1. The maximum absolute atomic E-state index is 12.5. The number of thiazole rings is 1. The maximum atomic E-state index is 12.5. The maximum Gasteiger partial charge on any atom is 0.274 e. The molecule has 2 aromatic carbocycles. The molecular weight excluding hydrogens is 424 g/mol. The average Bonchev–Trinajstić information content (AvgIpc) is 3.19. The third-order valence-corrected chi connectivity index (χ3v) is 6.67. The van der Waals surface area contributed by atoms with E-state index in [9.17, 15) is 9.90 Å². The summed E-state index contributed by atoms with van der Waals surface area (Å²) in [5, 5.41) is 14.0. The number of anilines is 1. The van der Waals surface area contributed by atoms with Gasteiger partial charge in [0.1, 0.15) is 12.7 Å². The minimum Gasteiger partial charge on any atom is -0.467 e. The molecule has 0 radical (unpaired) electrons. The standard InChI is InChI=1S/C24H30N4O3S/c1-17-6-5-7-18(2)23(17)26-22(30)15-28-12-10-27(11-13-28)14-19(29)16-31-24-25-20-8-3-4-9-21(20)32-24/h3-9,19,29H,10-16H2,1-2H3,(H,26,30). The number of para-hydroxylation sites is 2. The van der Waals surface area contributed by atoms with Gasteiger partial charge in [-0.3, -0.25) is 14.6 Å². The lowest BCUT2D eigenvalue weighted by Crippen LogP contribution is -2.50. The first-order chi connectivity index (χ1) is 15.5. The van der Waals surface area contributed by atoms with Crippen LogP contribution >= 0.6 is 11.3 Å². The van der Waals surface area contributed by atoms with Crippen molar-refractivity contribution in [2.75, 3.05) is 51.2 Å². The van der Waals surface area contributed by atoms with E-state index in [1.54, 1.807) is 0 Å². The highest BCUT2D eigenvalue weighted by molar-refractivity contribution is 7.20. The van der Waals surface area contributed by atoms with Crippen LogP contribution in [0.15, 0.2) is 42.5 Å². The molecule has 0 spiro atoms. The molecule has 1 aromatic heterocycles. The number of aliphatic hydroxyl groups is 1. The van der Waals surface area contributed by atoms with Crippen LogP contribution in [0.25, 0.3) is 10.2 Å². The molecule has 8 heteroatoms. The fourth-order valence-corrected chi connectivity index (χ4v) is 4.78. The van der Waals surface area contributed by atoms with Crippen molar-refractivity contribution >= 4 is 33.1 Å². The van der Waals surface area contributed by atoms with Crippen LogP contribution in [0.1, 0.15) is 11.1 Å². The summed E-state index contributed by atoms with van der Waals surface area (Å²) in [4.78, 5) is 21.3. The second-order valence-corrected chi connectivity index (χ2v) is 9.30. The van der Waals surface area contributed by atoms with E-state index in [-0.39, 0.29) is 12.5 Å². The van der Waals surface area contributed by atoms with Gasteiger partial charge in [0.2, 0.25) is 5.91 Å². The Morgan fingerprint density at radius 1 is 1.09 bits per heavy atom. The van der Waals surface area contributed by atoms with Gasteiger partial charge in [0.05, 0.1) is 16.8 Å². The number of ether oxygens (including phenoxy) is 1. The third kappa shape index (κ3) is 5.83. The first-order valence-corrected chi connectivity index (χ1v) is 11.8. The Morgan fingerprint density at radius 3 is 2.50 bits per heavy atom. The van der Waals surface area contributed by atoms with Gasteiger partial charge in [-0.05, 0) is 37.1 Å². The van der Waals surface area contributed by atoms with Crippen molar-refractivity contribution in [2.24, 2.45) is 0 Å². The average molecular weight is 455 g/mol. The fourth-order valence-electron chi connectivity index (χ4n) is 3.95. The molecule has 2 N–H and O–H groups in total. The number of aliphatic hydroxyl groups excluding tert-OH is 1. The summed E-state index contributed by atoms with van der Waals surface area (Å²) in [5.74, 6) is 0.0140. The number of fused-ring (bicyclic) bond motifs is 1. The van der Waals surface area contributed by atoms with Crippen LogP contribution in [-0.2, 0) is 4.79 Å². The molecule has 170 valence electrons. The van der Waals surface area contributed by atoms with E-state index in [0.717, 1.165) is 53.2 Å². The number of carbonyl (C=O) groups is 1. The molecular formula is C24H30N4O3S. The van der Waals surface area contributed by atoms with Crippen molar-refractivity contribution in [2.45, 2.75) is 20.0 Å². The van der Waals surface area contributed by atoms with E-state index in [2.05, 4.69) is 20.1 Å². The molecule has 1 saturated heterocycles. The summed E-state index contributed by atoms with van der Waals surface area (Å²) in [5.41, 5.74) is 3.97. The van der Waals surface area contributed by atoms with Gasteiger partial charge in [0.15, 0.2) is 0 Å². The molecule has 1 amide bonds. The van der Waals surface area contributed by atoms with Crippen molar-refractivity contribution in [3.05, 3.63) is 53.6 Å². The van der Waals surface area contributed by atoms with Gasteiger partial charge in [-0.1, -0.05) is 41.7 Å². The van der Waals surface area contributed by atoms with Crippen molar-refractivity contribution in [3.8, 4) is 5.19 Å². The number of nitrogens with one attached hydrogen (secondary N) is 1. The summed E-state index contributed by atoms with van der Waals surface area (Å²) in [6, 6.07) is 13.9. The Hall–Kier alpha value is -2.52. The molecule has 3 aromatic rings. The molecule has 4 rings (SSSR count). The highest BCUT2D eigenvalue weighted by Gasteiger charge is 2.21. The van der Waals surface area contributed by atoms with Crippen LogP contribution in [0.4, 0.5) is 5.69 Å². The van der Waals surface area contributed by atoms with E-state index in [1.165, 1.54) is 11.3 Å². The number of hydrogen-bond acceptors (Lipinski definition) is 7. The van der Waals surface area contributed by atoms with Crippen molar-refractivity contribution in [3.63, 3.8) is 0 Å². The summed E-state index contributed by atoms with van der Waals surface area (Å²) >= 11 is 1.49. The smallest absolute Gasteiger partial charge is 0.274 e. The number of carbonyl (C=O) groups excluding carboxylic acids is 1. The van der Waals surface area contributed by atoms with Crippen LogP contribution < -0.4 is 10.1 Å². The summed E-state index contributed by atoms with van der Waals surface area (Å²) in [7, 11) is 0. The third-order valence-electron chi connectivity index (χ3n) is 5.72. The zero-order valence-corrected chi connectivity index (χ0v) is 19.4. The number of piperazine rings is 1. The molecule has 7 nitrogen and oxygen atoms in total. The Kier molecular flexibility index (Phi) is 7.36. The molecule has 0 saturated carbocycles. The van der Waals surface area contributed by atoms with E-state index in [0.29, 0.717) is 18.3 Å². The molecule has 1 fully saturated rings. The summed E-state index contributed by atoms with van der Waals surface area (Å²) in [6.45, 7) is 8.39. The Balaban J connectivity index is 1.17. The molecule has 1 atom stereocenters. The number of hydrogen-bond donors (Lipinski definition) is 2. The van der Waals surface area contributed by atoms with Crippen LogP contribution in [0.3, 0.4) is 0 Å². The molecule has 0 aliphatic carbocycles. The van der Waals surface area contributed by atoms with E-state index in [4.69, 9.17) is 4.74 Å². The highest BCUT2D eigenvalue weighted by Crippen LogP contribution is 2.27. The van der Waals surface area contributed by atoms with Crippen LogP contribution in [0, 0.1) is 13.8 Å². The van der Waals surface area contributed by atoms with Crippen LogP contribution in [0.5, 0.6) is 5.19 Å². The van der Waals surface area contributed by atoms with Gasteiger partial charge in [-0.25, -0.2) is 4.98 Å². The monoisotopic (exact) mass is 454 g/mol. The number of aromatic nitrogens is 1. The Bertz CT molecular complexity index is 1010. The van der Waals surface area contributed by atoms with Gasteiger partial charge in [-0.15, -0.1) is 0 Å². The molecule has 1 aliphatic rings. The number of aryl methyl sites for hydroxylation is 2. The predicted octanol–water partition coefficient (Wildman–Crippen LogP) is 2.91. The first-order valence-electron chi connectivity index (χ1n) is 10.9. The number of benzene rings is 2. The summed E-state index contributed by atoms with van der Waals surface area (Å²) in [6.07, 6.45) is -0.583. The number of nitrogens with zero attached hydrogens (tertiary/aromatic N) is 3. The molecule has 0 bridgehead atoms. The van der Waals surface area contributed by atoms with E-state index in [1.807, 2.05) is 56.3 Å². The lowest BCUT2D eigenvalue weighted by Gasteiger charge is -2.35. The minimum atomic E-state index is -0.583. The number of β-amino-alcohol motifs (C(OH)–C–C–N with tert-alkyl or cyclic N) is 1. The van der Waals surface area contributed by atoms with Crippen molar-refractivity contribution in [1.29, 1.82) is 0 Å². The highest BCUT2D eigenvalue weighted by atomic mass is 32.1. The summed E-state index contributed by atoms with van der Waals surface area (Å²) < 4.78 is 6.79.